The highest BCUT2D eigenvalue weighted by molar-refractivity contribution is 7.14. The summed E-state index contributed by atoms with van der Waals surface area (Å²) in [6, 6.07) is 0. The molecule has 1 N–H and O–H groups in total. The van der Waals surface area contributed by atoms with Crippen LogP contribution in [0.3, 0.4) is 0 Å². The van der Waals surface area contributed by atoms with E-state index in [1.54, 1.807) is 6.92 Å². The zero-order valence-corrected chi connectivity index (χ0v) is 13.7. The molecule has 1 aromatic rings. The largest absolute Gasteiger partial charge is 0.461 e. The Kier molecular flexibility index (Phi) is 4.28. The van der Waals surface area contributed by atoms with Gasteiger partial charge in [0.15, 0.2) is 5.69 Å². The maximum Gasteiger partial charge on any atom is 0.439 e. The molecule has 3 rings (SSSR count). The third-order valence-corrected chi connectivity index (χ3v) is 5.01. The van der Waals surface area contributed by atoms with E-state index in [1.165, 1.54) is 5.38 Å². The summed E-state index contributed by atoms with van der Waals surface area (Å²) in [5.74, 6) is -1.83. The zero-order valence-electron chi connectivity index (χ0n) is 12.8. The lowest BCUT2D eigenvalue weighted by atomic mass is 9.80. The molecule has 10 heteroatoms. The highest BCUT2D eigenvalue weighted by atomic mass is 32.1. The second-order valence-electron chi connectivity index (χ2n) is 5.66. The predicted octanol–water partition coefficient (Wildman–Crippen LogP) is 2.94. The van der Waals surface area contributed by atoms with Gasteiger partial charge in [-0.05, 0) is 26.2 Å². The minimum Gasteiger partial charge on any atom is -0.461 e. The van der Waals surface area contributed by atoms with Gasteiger partial charge in [0, 0.05) is 11.1 Å². The van der Waals surface area contributed by atoms with Gasteiger partial charge in [0.1, 0.15) is 0 Å². The van der Waals surface area contributed by atoms with Gasteiger partial charge < -0.3 is 9.84 Å². The molecule has 0 amide bonds. The normalized spacial score (nSPS) is 27.0. The molecule has 0 unspecified atom stereocenters. The van der Waals surface area contributed by atoms with E-state index in [2.05, 4.69) is 10.1 Å². The van der Waals surface area contributed by atoms with Gasteiger partial charge in [-0.1, -0.05) is 6.42 Å². The first-order chi connectivity index (χ1) is 11.3. The fourth-order valence-corrected chi connectivity index (χ4v) is 3.86. The van der Waals surface area contributed by atoms with E-state index >= 15 is 0 Å². The molecule has 2 aliphatic rings. The second-order valence-corrected chi connectivity index (χ2v) is 6.50. The number of hydrazone groups is 1. The van der Waals surface area contributed by atoms with Gasteiger partial charge in [-0.3, -0.25) is 0 Å². The number of carbonyl (C=O) groups excluding carboxylic acids is 1. The van der Waals surface area contributed by atoms with Crippen LogP contribution in [0.2, 0.25) is 0 Å². The first-order valence-electron chi connectivity index (χ1n) is 7.58. The Morgan fingerprint density at radius 1 is 1.54 bits per heavy atom. The van der Waals surface area contributed by atoms with Crippen LogP contribution in [-0.4, -0.2) is 40.3 Å². The molecule has 132 valence electrons. The van der Waals surface area contributed by atoms with Crippen molar-refractivity contribution >= 4 is 28.1 Å². The van der Waals surface area contributed by atoms with Gasteiger partial charge in [-0.15, -0.1) is 11.3 Å². The molecule has 24 heavy (non-hydrogen) atoms. The van der Waals surface area contributed by atoms with E-state index in [9.17, 15) is 23.1 Å². The topological polar surface area (TPSA) is 75.0 Å². The van der Waals surface area contributed by atoms with Crippen LogP contribution in [0, 0.1) is 5.92 Å². The molecule has 1 aliphatic heterocycles. The standard InChI is InChI=1S/C14H16F3N3O3S/c1-2-23-11(21)10-7-24-12(18-10)20-13(22,14(15,16)17)8-5-3-4-6-9(8)19-20/h7-8,22H,2-6H2,1H3/t8-,13+/m1/s1. The molecule has 0 bridgehead atoms. The highest BCUT2D eigenvalue weighted by Gasteiger charge is 2.67. The molecule has 1 fully saturated rings. The van der Waals surface area contributed by atoms with E-state index < -0.39 is 23.8 Å². The third kappa shape index (κ3) is 2.57. The van der Waals surface area contributed by atoms with Gasteiger partial charge in [0.2, 0.25) is 5.13 Å². The number of aromatic nitrogens is 1. The van der Waals surface area contributed by atoms with Crippen molar-refractivity contribution in [2.75, 3.05) is 11.6 Å². The fraction of sp³-hybridized carbons (Fsp3) is 0.643. The van der Waals surface area contributed by atoms with E-state index in [0.29, 0.717) is 23.6 Å². The summed E-state index contributed by atoms with van der Waals surface area (Å²) in [4.78, 5) is 15.5. The summed E-state index contributed by atoms with van der Waals surface area (Å²) in [7, 11) is 0. The van der Waals surface area contributed by atoms with Crippen LogP contribution >= 0.6 is 11.3 Å². The lowest BCUT2D eigenvalue weighted by Crippen LogP contribution is -2.60. The van der Waals surface area contributed by atoms with E-state index in [1.807, 2.05) is 0 Å². The van der Waals surface area contributed by atoms with Gasteiger partial charge in [-0.25, -0.2) is 9.78 Å². The molecule has 0 radical (unpaired) electrons. The van der Waals surface area contributed by atoms with Gasteiger partial charge in [0.05, 0.1) is 12.5 Å². The Labute approximate surface area is 139 Å². The van der Waals surface area contributed by atoms with Crippen molar-refractivity contribution in [1.29, 1.82) is 0 Å². The monoisotopic (exact) mass is 363 g/mol. The Bertz CT molecular complexity index is 676. The molecule has 1 aliphatic carbocycles. The SMILES string of the molecule is CCOC(=O)c1csc(N2N=C3CCCC[C@H]3[C@]2(O)C(F)(F)F)n1. The molecular weight excluding hydrogens is 347 g/mol. The van der Waals surface area contributed by atoms with E-state index in [-0.39, 0.29) is 23.9 Å². The van der Waals surface area contributed by atoms with Crippen LogP contribution < -0.4 is 5.01 Å². The molecule has 2 atom stereocenters. The van der Waals surface area contributed by atoms with Crippen LogP contribution in [0.1, 0.15) is 43.1 Å². The minimum atomic E-state index is -4.91. The number of fused-ring (bicyclic) bond motifs is 1. The molecule has 1 saturated carbocycles. The number of halogens is 3. The molecule has 6 nitrogen and oxygen atoms in total. The van der Waals surface area contributed by atoms with Crippen molar-refractivity contribution in [2.24, 2.45) is 11.0 Å². The minimum absolute atomic E-state index is 0.101. The Morgan fingerprint density at radius 2 is 2.29 bits per heavy atom. The summed E-state index contributed by atoms with van der Waals surface area (Å²) in [5, 5.41) is 16.2. The summed E-state index contributed by atoms with van der Waals surface area (Å²) in [6.07, 6.45) is -2.95. The molecule has 0 aromatic carbocycles. The first-order valence-corrected chi connectivity index (χ1v) is 8.46. The highest BCUT2D eigenvalue weighted by Crippen LogP contribution is 2.50. The number of nitrogens with zero attached hydrogens (tertiary/aromatic N) is 3. The van der Waals surface area contributed by atoms with Gasteiger partial charge in [0.25, 0.3) is 5.72 Å². The molecule has 2 heterocycles. The zero-order chi connectivity index (χ0) is 17.5. The second kappa shape index (κ2) is 5.99. The maximum atomic E-state index is 13.7. The molecular formula is C14H16F3N3O3S. The number of esters is 1. The summed E-state index contributed by atoms with van der Waals surface area (Å²) < 4.78 is 45.8. The third-order valence-electron chi connectivity index (χ3n) is 4.19. The molecule has 0 saturated heterocycles. The number of thiazole rings is 1. The van der Waals surface area contributed by atoms with Crippen molar-refractivity contribution in [3.05, 3.63) is 11.1 Å². The van der Waals surface area contributed by atoms with Crippen LogP contribution in [0.4, 0.5) is 18.3 Å². The number of anilines is 1. The Balaban J connectivity index is 1.99. The van der Waals surface area contributed by atoms with Gasteiger partial charge in [-0.2, -0.15) is 23.3 Å². The number of aliphatic hydroxyl groups is 1. The number of carbonyl (C=O) groups is 1. The number of hydrogen-bond acceptors (Lipinski definition) is 7. The van der Waals surface area contributed by atoms with Crippen LogP contribution in [0.5, 0.6) is 0 Å². The lowest BCUT2D eigenvalue weighted by molar-refractivity contribution is -0.269. The van der Waals surface area contributed by atoms with Crippen molar-refractivity contribution in [3.8, 4) is 0 Å². The van der Waals surface area contributed by atoms with Crippen molar-refractivity contribution in [2.45, 2.75) is 44.5 Å². The quantitative estimate of drug-likeness (QED) is 0.836. The predicted molar refractivity (Wildman–Crippen MR) is 80.9 cm³/mol. The van der Waals surface area contributed by atoms with E-state index in [0.717, 1.165) is 17.8 Å². The van der Waals surface area contributed by atoms with Crippen molar-refractivity contribution in [1.82, 2.24) is 4.98 Å². The first kappa shape index (κ1) is 17.2. The molecule has 0 spiro atoms. The maximum absolute atomic E-state index is 13.7. The van der Waals surface area contributed by atoms with Crippen LogP contribution in [0.25, 0.3) is 0 Å². The number of rotatable bonds is 3. The van der Waals surface area contributed by atoms with Crippen LogP contribution in [0.15, 0.2) is 10.5 Å². The van der Waals surface area contributed by atoms with Gasteiger partial charge >= 0.3 is 12.1 Å². The Morgan fingerprint density at radius 3 is 2.96 bits per heavy atom. The number of ether oxygens (including phenoxy) is 1. The van der Waals surface area contributed by atoms with E-state index in [4.69, 9.17) is 4.74 Å². The molecule has 1 aromatic heterocycles. The van der Waals surface area contributed by atoms with Crippen LogP contribution in [-0.2, 0) is 4.74 Å². The summed E-state index contributed by atoms with van der Waals surface area (Å²) >= 11 is 0.812. The smallest absolute Gasteiger partial charge is 0.439 e. The lowest BCUT2D eigenvalue weighted by Gasteiger charge is -2.38. The summed E-state index contributed by atoms with van der Waals surface area (Å²) in [5.41, 5.74) is -2.91. The number of alkyl halides is 3. The fourth-order valence-electron chi connectivity index (χ4n) is 3.07. The average molecular weight is 363 g/mol. The number of hydrogen-bond donors (Lipinski definition) is 1. The average Bonchev–Trinajstić information content (AvgIpc) is 3.11. The summed E-state index contributed by atoms with van der Waals surface area (Å²) in [6.45, 7) is 1.75. The van der Waals surface area contributed by atoms with Crippen molar-refractivity contribution < 1.29 is 27.8 Å². The van der Waals surface area contributed by atoms with Crippen molar-refractivity contribution in [3.63, 3.8) is 0 Å². The Hall–Kier alpha value is -1.68.